The molecule has 0 saturated carbocycles. The van der Waals surface area contributed by atoms with Crippen LogP contribution < -0.4 is 15.8 Å². The Hall–Kier alpha value is -4.04. The highest BCUT2D eigenvalue weighted by Gasteiger charge is 2.35. The van der Waals surface area contributed by atoms with Gasteiger partial charge in [-0.15, -0.1) is 5.10 Å². The zero-order chi connectivity index (χ0) is 26.9. The number of fused-ring (bicyclic) bond motifs is 1. The van der Waals surface area contributed by atoms with E-state index in [1.165, 1.54) is 25.3 Å². The maximum Gasteiger partial charge on any atom is 0.434 e. The number of anilines is 2. The lowest BCUT2D eigenvalue weighted by molar-refractivity contribution is 0.102. The number of ether oxygens (including phenoxy) is 2. The number of hydrogen-bond acceptors (Lipinski definition) is 8. The van der Waals surface area contributed by atoms with Crippen LogP contribution in [0.15, 0.2) is 41.3 Å². The number of nitrogens with zero attached hydrogens (tertiary/aromatic N) is 3. The van der Waals surface area contributed by atoms with Crippen LogP contribution in [0.1, 0.15) is 28.5 Å². The van der Waals surface area contributed by atoms with E-state index in [-0.39, 0.29) is 48.7 Å². The summed E-state index contributed by atoms with van der Waals surface area (Å²) in [5, 5.41) is 6.73. The molecule has 0 fully saturated rings. The molecule has 1 aromatic heterocycles. The van der Waals surface area contributed by atoms with E-state index in [4.69, 9.17) is 15.2 Å². The van der Waals surface area contributed by atoms with E-state index in [2.05, 4.69) is 10.4 Å². The number of nitrogen functional groups attached to an aromatic ring is 1. The van der Waals surface area contributed by atoms with E-state index < -0.39 is 38.6 Å². The normalized spacial score (nSPS) is 13.6. The van der Waals surface area contributed by atoms with Gasteiger partial charge in [0.1, 0.15) is 17.4 Å². The molecule has 0 bridgehead atoms. The molecule has 0 saturated heterocycles. The zero-order valence-corrected chi connectivity index (χ0v) is 20.6. The van der Waals surface area contributed by atoms with E-state index in [1.54, 1.807) is 6.92 Å². The number of nitrogens with one attached hydrogen (secondary N) is 1. The van der Waals surface area contributed by atoms with Crippen LogP contribution in [-0.4, -0.2) is 54.8 Å². The summed E-state index contributed by atoms with van der Waals surface area (Å²) in [6.45, 7) is 1.22. The minimum absolute atomic E-state index is 0.0126. The van der Waals surface area contributed by atoms with Crippen LogP contribution in [0.2, 0.25) is 0 Å². The first-order valence-electron chi connectivity index (χ1n) is 11.0. The van der Waals surface area contributed by atoms with Gasteiger partial charge in [0.2, 0.25) is 10.0 Å². The molecule has 1 aliphatic heterocycles. The lowest BCUT2D eigenvalue weighted by atomic mass is 10.1. The quantitative estimate of drug-likeness (QED) is 0.458. The maximum atomic E-state index is 13.7. The molecule has 14 heteroatoms. The maximum absolute atomic E-state index is 13.7. The summed E-state index contributed by atoms with van der Waals surface area (Å²) in [7, 11) is -2.88. The van der Waals surface area contributed by atoms with Crippen molar-refractivity contribution in [1.82, 2.24) is 14.1 Å². The Morgan fingerprint density at radius 3 is 2.49 bits per heavy atom. The molecule has 3 aromatic rings. The third kappa shape index (κ3) is 5.11. The summed E-state index contributed by atoms with van der Waals surface area (Å²) in [6.07, 6.45) is -0.801. The number of sulfonamides is 1. The Labute approximate surface area is 210 Å². The van der Waals surface area contributed by atoms with Crippen molar-refractivity contribution in [3.8, 4) is 5.75 Å². The number of hydrogen-bond donors (Lipinski definition) is 2. The lowest BCUT2D eigenvalue weighted by Gasteiger charge is -2.27. The summed E-state index contributed by atoms with van der Waals surface area (Å²) in [6, 6.07) is 6.41. The summed E-state index contributed by atoms with van der Waals surface area (Å²) in [5.74, 6) is -2.40. The molecule has 1 amide bonds. The molecule has 2 heterocycles. The summed E-state index contributed by atoms with van der Waals surface area (Å²) in [4.78, 5) is 24.9. The fourth-order valence-electron chi connectivity index (χ4n) is 3.91. The minimum atomic E-state index is -4.33. The molecule has 0 spiro atoms. The van der Waals surface area contributed by atoms with Gasteiger partial charge in [0.25, 0.3) is 5.91 Å². The Balaban J connectivity index is 1.71. The van der Waals surface area contributed by atoms with Gasteiger partial charge in [0.15, 0.2) is 5.82 Å². The van der Waals surface area contributed by atoms with E-state index >= 15 is 0 Å². The summed E-state index contributed by atoms with van der Waals surface area (Å²) < 4.78 is 65.8. The number of amides is 1. The zero-order valence-electron chi connectivity index (χ0n) is 19.8. The van der Waals surface area contributed by atoms with Gasteiger partial charge in [-0.25, -0.2) is 22.0 Å². The van der Waals surface area contributed by atoms with Crippen LogP contribution in [0.4, 0.5) is 25.1 Å². The van der Waals surface area contributed by atoms with Gasteiger partial charge < -0.3 is 20.5 Å². The molecule has 4 rings (SSSR count). The van der Waals surface area contributed by atoms with Crippen molar-refractivity contribution < 1.29 is 36.3 Å². The van der Waals surface area contributed by atoms with Crippen molar-refractivity contribution in [2.45, 2.75) is 24.8 Å². The smallest absolute Gasteiger partial charge is 0.434 e. The number of nitrogens with two attached hydrogens (primary N) is 1. The number of carbonyl (C=O) groups is 2. The SMILES string of the molecule is CCOC(=O)n1nc(NC(=O)c2ccc(OC)cc2N)c2c1CCN(S(=O)(=O)c1cc(F)cc(F)c1)C2. The molecule has 0 aliphatic carbocycles. The molecule has 11 nitrogen and oxygen atoms in total. The molecule has 196 valence electrons. The standard InChI is InChI=1S/C23H23F2N5O6S/c1-3-36-23(32)30-20-6-7-29(37(33,34)16-9-13(24)8-14(25)10-16)12-18(20)21(28-30)27-22(31)17-5-4-15(35-2)11-19(17)26/h4-5,8-11H,3,6-7,12,26H2,1-2H3,(H,27,28,31). The topological polar surface area (TPSA) is 146 Å². The average Bonchev–Trinajstić information content (AvgIpc) is 3.21. The number of benzene rings is 2. The van der Waals surface area contributed by atoms with Gasteiger partial charge in [-0.2, -0.15) is 8.99 Å². The molecular weight excluding hydrogens is 512 g/mol. The predicted octanol–water partition coefficient (Wildman–Crippen LogP) is 2.76. The summed E-state index contributed by atoms with van der Waals surface area (Å²) in [5.41, 5.74) is 6.72. The second-order valence-corrected chi connectivity index (χ2v) is 9.92. The molecule has 0 unspecified atom stereocenters. The number of halogens is 2. The van der Waals surface area contributed by atoms with Crippen molar-refractivity contribution in [3.63, 3.8) is 0 Å². The molecular formula is C23H23F2N5O6S. The molecule has 1 aliphatic rings. The minimum Gasteiger partial charge on any atom is -0.497 e. The van der Waals surface area contributed by atoms with Gasteiger partial charge in [-0.1, -0.05) is 0 Å². The van der Waals surface area contributed by atoms with Gasteiger partial charge in [-0.05, 0) is 31.2 Å². The van der Waals surface area contributed by atoms with Crippen LogP contribution in [0.25, 0.3) is 0 Å². The Morgan fingerprint density at radius 1 is 1.16 bits per heavy atom. The van der Waals surface area contributed by atoms with Crippen molar-refractivity contribution in [1.29, 1.82) is 0 Å². The number of rotatable bonds is 6. The van der Waals surface area contributed by atoms with Crippen molar-refractivity contribution in [2.75, 3.05) is 31.3 Å². The first-order valence-corrected chi connectivity index (χ1v) is 12.5. The second-order valence-electron chi connectivity index (χ2n) is 7.99. The van der Waals surface area contributed by atoms with Crippen LogP contribution in [0.5, 0.6) is 5.75 Å². The fraction of sp³-hybridized carbons (Fsp3) is 0.261. The van der Waals surface area contributed by atoms with Crippen molar-refractivity contribution in [2.24, 2.45) is 0 Å². The number of carbonyl (C=O) groups excluding carboxylic acids is 2. The average molecular weight is 536 g/mol. The first-order chi connectivity index (χ1) is 17.5. The van der Waals surface area contributed by atoms with Crippen LogP contribution in [0.3, 0.4) is 0 Å². The predicted molar refractivity (Wildman–Crippen MR) is 128 cm³/mol. The van der Waals surface area contributed by atoms with Gasteiger partial charge >= 0.3 is 6.09 Å². The lowest BCUT2D eigenvalue weighted by Crippen LogP contribution is -2.37. The second kappa shape index (κ2) is 10.1. The highest BCUT2D eigenvalue weighted by molar-refractivity contribution is 7.89. The van der Waals surface area contributed by atoms with Crippen molar-refractivity contribution in [3.05, 3.63) is 64.9 Å². The van der Waals surface area contributed by atoms with Gasteiger partial charge in [-0.3, -0.25) is 4.79 Å². The highest BCUT2D eigenvalue weighted by atomic mass is 32.2. The molecule has 3 N–H and O–H groups in total. The van der Waals surface area contributed by atoms with Gasteiger partial charge in [0, 0.05) is 42.9 Å². The van der Waals surface area contributed by atoms with Crippen molar-refractivity contribution >= 4 is 33.5 Å². The van der Waals surface area contributed by atoms with E-state index in [1.807, 2.05) is 0 Å². The third-order valence-electron chi connectivity index (χ3n) is 5.67. The Morgan fingerprint density at radius 2 is 1.86 bits per heavy atom. The molecule has 0 radical (unpaired) electrons. The third-order valence-corrected chi connectivity index (χ3v) is 7.50. The van der Waals surface area contributed by atoms with Crippen LogP contribution in [0, 0.1) is 11.6 Å². The number of aromatic nitrogens is 2. The van der Waals surface area contributed by atoms with Crippen LogP contribution in [-0.2, 0) is 27.7 Å². The van der Waals surface area contributed by atoms with E-state index in [0.29, 0.717) is 29.6 Å². The highest BCUT2D eigenvalue weighted by Crippen LogP contribution is 2.31. The van der Waals surface area contributed by atoms with E-state index in [0.717, 1.165) is 8.99 Å². The first kappa shape index (κ1) is 26.0. The summed E-state index contributed by atoms with van der Waals surface area (Å²) >= 11 is 0. The van der Waals surface area contributed by atoms with Gasteiger partial charge in [0.05, 0.1) is 29.9 Å². The van der Waals surface area contributed by atoms with E-state index in [9.17, 15) is 26.8 Å². The Bertz CT molecular complexity index is 1470. The Kier molecular flexibility index (Phi) is 7.14. The van der Waals surface area contributed by atoms with Crippen LogP contribution >= 0.6 is 0 Å². The molecule has 37 heavy (non-hydrogen) atoms. The molecule has 2 aromatic carbocycles. The number of methoxy groups -OCH3 is 1. The molecule has 0 atom stereocenters. The largest absolute Gasteiger partial charge is 0.497 e. The monoisotopic (exact) mass is 535 g/mol. The fourth-order valence-corrected chi connectivity index (χ4v) is 5.36.